The lowest BCUT2D eigenvalue weighted by atomic mass is 9.99. The molecular formula is C22H22N2O2. The quantitative estimate of drug-likeness (QED) is 0.675. The van der Waals surface area contributed by atoms with Gasteiger partial charge in [-0.15, -0.1) is 0 Å². The van der Waals surface area contributed by atoms with E-state index < -0.39 is 0 Å². The third kappa shape index (κ3) is 4.48. The molecule has 1 heterocycles. The van der Waals surface area contributed by atoms with Crippen molar-refractivity contribution in [3.05, 3.63) is 90.3 Å². The summed E-state index contributed by atoms with van der Waals surface area (Å²) < 4.78 is 6.17. The van der Waals surface area contributed by atoms with Crippen molar-refractivity contribution in [2.45, 2.75) is 20.0 Å². The average molecular weight is 346 g/mol. The van der Waals surface area contributed by atoms with Crippen molar-refractivity contribution in [2.24, 2.45) is 5.92 Å². The van der Waals surface area contributed by atoms with E-state index in [1.54, 1.807) is 36.7 Å². The molecule has 0 radical (unpaired) electrons. The summed E-state index contributed by atoms with van der Waals surface area (Å²) >= 11 is 0. The summed E-state index contributed by atoms with van der Waals surface area (Å²) in [7, 11) is 0. The van der Waals surface area contributed by atoms with E-state index in [0.29, 0.717) is 17.2 Å². The molecule has 0 aliphatic rings. The van der Waals surface area contributed by atoms with Crippen LogP contribution in [0.3, 0.4) is 0 Å². The van der Waals surface area contributed by atoms with E-state index in [1.807, 2.05) is 30.3 Å². The van der Waals surface area contributed by atoms with Gasteiger partial charge >= 0.3 is 0 Å². The van der Waals surface area contributed by atoms with Crippen LogP contribution in [-0.2, 0) is 0 Å². The summed E-state index contributed by atoms with van der Waals surface area (Å²) in [6.45, 7) is 4.27. The standard InChI is InChI=1S/C22H22N2O2/c1-16(2)21(17-6-4-3-5-7-17)26-20-10-8-18(9-11-20)22(25)24-19-12-14-23-15-13-19/h3-16,21H,1-2H3,(H,23,24,25). The molecule has 4 heteroatoms. The van der Waals surface area contributed by atoms with E-state index in [2.05, 4.69) is 36.3 Å². The van der Waals surface area contributed by atoms with E-state index >= 15 is 0 Å². The highest BCUT2D eigenvalue weighted by Crippen LogP contribution is 2.28. The fourth-order valence-corrected chi connectivity index (χ4v) is 2.70. The molecule has 3 rings (SSSR count). The highest BCUT2D eigenvalue weighted by molar-refractivity contribution is 6.04. The largest absolute Gasteiger partial charge is 0.485 e. The minimum atomic E-state index is -0.161. The third-order valence-corrected chi connectivity index (χ3v) is 4.05. The monoisotopic (exact) mass is 346 g/mol. The molecular weight excluding hydrogens is 324 g/mol. The van der Waals surface area contributed by atoms with Gasteiger partial charge in [-0.1, -0.05) is 44.2 Å². The summed E-state index contributed by atoms with van der Waals surface area (Å²) in [5.74, 6) is 0.909. The second kappa shape index (κ2) is 8.30. The third-order valence-electron chi connectivity index (χ3n) is 4.05. The van der Waals surface area contributed by atoms with Crippen molar-refractivity contribution in [3.63, 3.8) is 0 Å². The Morgan fingerprint density at radius 1 is 0.923 bits per heavy atom. The van der Waals surface area contributed by atoms with Crippen molar-refractivity contribution in [1.29, 1.82) is 0 Å². The van der Waals surface area contributed by atoms with Crippen LogP contribution in [0.1, 0.15) is 35.9 Å². The first-order valence-corrected chi connectivity index (χ1v) is 8.66. The number of nitrogens with zero attached hydrogens (tertiary/aromatic N) is 1. The van der Waals surface area contributed by atoms with Crippen molar-refractivity contribution in [2.75, 3.05) is 5.32 Å². The number of benzene rings is 2. The number of aromatic nitrogens is 1. The van der Waals surface area contributed by atoms with Gasteiger partial charge in [-0.25, -0.2) is 0 Å². The van der Waals surface area contributed by atoms with Gasteiger partial charge in [0.25, 0.3) is 5.91 Å². The fraction of sp³-hybridized carbons (Fsp3) is 0.182. The maximum atomic E-state index is 12.3. The Bertz CT molecular complexity index is 831. The number of anilines is 1. The zero-order chi connectivity index (χ0) is 18.4. The van der Waals surface area contributed by atoms with Crippen LogP contribution in [0.4, 0.5) is 5.69 Å². The second-order valence-electron chi connectivity index (χ2n) is 6.41. The molecule has 2 aromatic carbocycles. The lowest BCUT2D eigenvalue weighted by Gasteiger charge is -2.23. The van der Waals surface area contributed by atoms with E-state index in [1.165, 1.54) is 0 Å². The molecule has 0 fully saturated rings. The van der Waals surface area contributed by atoms with Gasteiger partial charge in [0.1, 0.15) is 11.9 Å². The van der Waals surface area contributed by atoms with Gasteiger partial charge in [-0.05, 0) is 47.9 Å². The average Bonchev–Trinajstić information content (AvgIpc) is 2.68. The van der Waals surface area contributed by atoms with Gasteiger partial charge in [0.15, 0.2) is 0 Å². The Morgan fingerprint density at radius 3 is 2.19 bits per heavy atom. The van der Waals surface area contributed by atoms with Crippen LogP contribution in [-0.4, -0.2) is 10.9 Å². The molecule has 3 aromatic rings. The topological polar surface area (TPSA) is 51.2 Å². The highest BCUT2D eigenvalue weighted by atomic mass is 16.5. The number of carbonyl (C=O) groups is 1. The van der Waals surface area contributed by atoms with Crippen LogP contribution >= 0.6 is 0 Å². The molecule has 0 aliphatic carbocycles. The molecule has 132 valence electrons. The number of rotatable bonds is 6. The Labute approximate surface area is 153 Å². The lowest BCUT2D eigenvalue weighted by molar-refractivity contribution is 0.102. The zero-order valence-electron chi connectivity index (χ0n) is 14.9. The van der Waals surface area contributed by atoms with Crippen LogP contribution in [0.5, 0.6) is 5.75 Å². The van der Waals surface area contributed by atoms with Crippen molar-refractivity contribution in [3.8, 4) is 5.75 Å². The molecule has 1 aromatic heterocycles. The van der Waals surface area contributed by atoms with Crippen LogP contribution in [0.2, 0.25) is 0 Å². The predicted octanol–water partition coefficient (Wildman–Crippen LogP) is 5.11. The molecule has 1 N–H and O–H groups in total. The highest BCUT2D eigenvalue weighted by Gasteiger charge is 2.17. The molecule has 0 saturated heterocycles. The first-order chi connectivity index (χ1) is 12.6. The van der Waals surface area contributed by atoms with E-state index in [0.717, 1.165) is 11.3 Å². The molecule has 0 spiro atoms. The number of hydrogen-bond donors (Lipinski definition) is 1. The number of carbonyl (C=O) groups excluding carboxylic acids is 1. The summed E-state index contributed by atoms with van der Waals surface area (Å²) in [6.07, 6.45) is 3.25. The number of amides is 1. The second-order valence-corrected chi connectivity index (χ2v) is 6.41. The summed E-state index contributed by atoms with van der Waals surface area (Å²) in [6, 6.07) is 20.9. The Balaban J connectivity index is 1.69. The number of nitrogens with one attached hydrogen (secondary N) is 1. The van der Waals surface area contributed by atoms with Crippen LogP contribution < -0.4 is 10.1 Å². The number of pyridine rings is 1. The fourth-order valence-electron chi connectivity index (χ4n) is 2.70. The minimum Gasteiger partial charge on any atom is -0.485 e. The summed E-state index contributed by atoms with van der Waals surface area (Å²) in [5.41, 5.74) is 2.44. The van der Waals surface area contributed by atoms with E-state index in [-0.39, 0.29) is 12.0 Å². The maximum absolute atomic E-state index is 12.3. The van der Waals surface area contributed by atoms with E-state index in [9.17, 15) is 4.79 Å². The van der Waals surface area contributed by atoms with Crippen LogP contribution in [0.15, 0.2) is 79.1 Å². The smallest absolute Gasteiger partial charge is 0.255 e. The predicted molar refractivity (Wildman–Crippen MR) is 103 cm³/mol. The molecule has 26 heavy (non-hydrogen) atoms. The first kappa shape index (κ1) is 17.7. The van der Waals surface area contributed by atoms with Crippen LogP contribution in [0.25, 0.3) is 0 Å². The van der Waals surface area contributed by atoms with Crippen LogP contribution in [0, 0.1) is 5.92 Å². The van der Waals surface area contributed by atoms with E-state index in [4.69, 9.17) is 4.74 Å². The molecule has 1 amide bonds. The minimum absolute atomic E-state index is 0.0345. The van der Waals surface area contributed by atoms with Gasteiger partial charge in [-0.2, -0.15) is 0 Å². The van der Waals surface area contributed by atoms with Gasteiger partial charge in [-0.3, -0.25) is 9.78 Å². The van der Waals surface area contributed by atoms with Gasteiger partial charge < -0.3 is 10.1 Å². The van der Waals surface area contributed by atoms with Crippen molar-refractivity contribution in [1.82, 2.24) is 4.98 Å². The first-order valence-electron chi connectivity index (χ1n) is 8.66. The molecule has 1 unspecified atom stereocenters. The summed E-state index contributed by atoms with van der Waals surface area (Å²) in [5, 5.41) is 2.84. The van der Waals surface area contributed by atoms with Gasteiger partial charge in [0, 0.05) is 23.6 Å². The molecule has 4 nitrogen and oxygen atoms in total. The zero-order valence-corrected chi connectivity index (χ0v) is 14.9. The Hall–Kier alpha value is -3.14. The summed E-state index contributed by atoms with van der Waals surface area (Å²) in [4.78, 5) is 16.2. The van der Waals surface area contributed by atoms with Crippen molar-refractivity contribution < 1.29 is 9.53 Å². The molecule has 0 saturated carbocycles. The Kier molecular flexibility index (Phi) is 5.64. The van der Waals surface area contributed by atoms with Crippen molar-refractivity contribution >= 4 is 11.6 Å². The normalized spacial score (nSPS) is 11.8. The molecule has 0 aliphatic heterocycles. The maximum Gasteiger partial charge on any atom is 0.255 e. The Morgan fingerprint density at radius 2 is 1.58 bits per heavy atom. The number of hydrogen-bond acceptors (Lipinski definition) is 3. The number of ether oxygens (including phenoxy) is 1. The molecule has 0 bridgehead atoms. The SMILES string of the molecule is CC(C)C(Oc1ccc(C(=O)Nc2ccncc2)cc1)c1ccccc1. The van der Waals surface area contributed by atoms with Gasteiger partial charge in [0.2, 0.25) is 0 Å². The lowest BCUT2D eigenvalue weighted by Crippen LogP contribution is -2.14. The van der Waals surface area contributed by atoms with Gasteiger partial charge in [0.05, 0.1) is 0 Å². The molecule has 1 atom stereocenters.